The summed E-state index contributed by atoms with van der Waals surface area (Å²) in [6, 6.07) is 8.18. The van der Waals surface area contributed by atoms with Gasteiger partial charge in [-0.15, -0.1) is 22.7 Å². The molecule has 5 rings (SSSR count). The lowest BCUT2D eigenvalue weighted by Crippen LogP contribution is -2.33. The molecule has 0 aliphatic heterocycles. The summed E-state index contributed by atoms with van der Waals surface area (Å²) in [4.78, 5) is 30.6. The number of thiophene rings is 2. The van der Waals surface area contributed by atoms with Crippen molar-refractivity contribution in [3.05, 3.63) is 55.4 Å². The van der Waals surface area contributed by atoms with E-state index >= 15 is 0 Å². The molecule has 46 heavy (non-hydrogen) atoms. The van der Waals surface area contributed by atoms with Gasteiger partial charge in [-0.1, -0.05) is 116 Å². The normalized spacial score (nSPS) is 12.6. The first-order valence-corrected chi connectivity index (χ1v) is 20.1. The molecule has 0 aliphatic rings. The maximum absolute atomic E-state index is 14.4. The predicted molar refractivity (Wildman–Crippen MR) is 202 cm³/mol. The second-order valence-corrected chi connectivity index (χ2v) is 16.1. The fraction of sp³-hybridized carbons (Fsp3) is 0.579. The number of rotatable bonds is 19. The quantitative estimate of drug-likeness (QED) is 0.0816. The zero-order valence-electron chi connectivity index (χ0n) is 28.3. The van der Waals surface area contributed by atoms with Crippen LogP contribution in [0.2, 0.25) is 0 Å². The zero-order valence-corrected chi connectivity index (χ0v) is 30.7. The number of aryl methyl sites for hydroxylation is 2. The zero-order chi connectivity index (χ0) is 32.5. The van der Waals surface area contributed by atoms with Gasteiger partial charge in [0.05, 0.1) is 31.9 Å². The number of aromatic nitrogens is 3. The van der Waals surface area contributed by atoms with Gasteiger partial charge in [0, 0.05) is 21.9 Å². The summed E-state index contributed by atoms with van der Waals surface area (Å²) < 4.78 is 12.6. The molecule has 0 saturated carbocycles. The molecule has 0 aliphatic carbocycles. The van der Waals surface area contributed by atoms with Gasteiger partial charge in [-0.05, 0) is 50.3 Å². The molecule has 0 saturated heterocycles. The molecule has 0 radical (unpaired) electrons. The Balaban J connectivity index is 1.46. The monoisotopic (exact) mass is 677 g/mol. The third kappa shape index (κ3) is 8.35. The van der Waals surface area contributed by atoms with Gasteiger partial charge in [0.25, 0.3) is 11.1 Å². The van der Waals surface area contributed by atoms with Crippen LogP contribution in [0.4, 0.5) is 0 Å². The highest BCUT2D eigenvalue weighted by Gasteiger charge is 2.21. The molecule has 0 bridgehead atoms. The molecule has 1 aromatic carbocycles. The van der Waals surface area contributed by atoms with Gasteiger partial charge in [-0.25, -0.2) is 0 Å². The van der Waals surface area contributed by atoms with Crippen molar-refractivity contribution >= 4 is 65.6 Å². The van der Waals surface area contributed by atoms with Gasteiger partial charge >= 0.3 is 0 Å². The number of hydrogen-bond donors (Lipinski definition) is 0. The van der Waals surface area contributed by atoms with Crippen molar-refractivity contribution in [2.45, 2.75) is 137 Å². The minimum absolute atomic E-state index is 0.125. The van der Waals surface area contributed by atoms with Crippen molar-refractivity contribution < 1.29 is 0 Å². The van der Waals surface area contributed by atoms with Crippen LogP contribution in [0.5, 0.6) is 0 Å². The van der Waals surface area contributed by atoms with Gasteiger partial charge in [0.15, 0.2) is 0 Å². The molecular formula is C38H51N3O2S3. The summed E-state index contributed by atoms with van der Waals surface area (Å²) in [7, 11) is 0. The van der Waals surface area contributed by atoms with Crippen LogP contribution in [-0.2, 0) is 6.54 Å². The highest BCUT2D eigenvalue weighted by molar-refractivity contribution is 7.28. The Morgan fingerprint density at radius 3 is 1.85 bits per heavy atom. The van der Waals surface area contributed by atoms with E-state index in [2.05, 4.69) is 48.6 Å². The van der Waals surface area contributed by atoms with Crippen LogP contribution in [0.15, 0.2) is 33.9 Å². The molecule has 0 spiro atoms. The van der Waals surface area contributed by atoms with E-state index in [-0.39, 0.29) is 11.1 Å². The van der Waals surface area contributed by atoms with E-state index < -0.39 is 0 Å². The highest BCUT2D eigenvalue weighted by atomic mass is 32.1. The third-order valence-electron chi connectivity index (χ3n) is 9.50. The Bertz CT molecular complexity index is 1850. The van der Waals surface area contributed by atoms with E-state index in [0.29, 0.717) is 23.2 Å². The molecule has 248 valence electrons. The van der Waals surface area contributed by atoms with Crippen molar-refractivity contribution in [3.8, 4) is 10.4 Å². The van der Waals surface area contributed by atoms with Crippen LogP contribution < -0.4 is 11.1 Å². The summed E-state index contributed by atoms with van der Waals surface area (Å²) in [6.45, 7) is 9.15. The smallest absolute Gasteiger partial charge is 0.262 e. The molecular weight excluding hydrogens is 627 g/mol. The third-order valence-corrected chi connectivity index (χ3v) is 12.4. The average molecular weight is 678 g/mol. The number of unbranched alkanes of at least 4 members (excludes halogenated alkanes) is 12. The summed E-state index contributed by atoms with van der Waals surface area (Å²) in [5.74, 6) is 0.333. The van der Waals surface area contributed by atoms with Gasteiger partial charge < -0.3 is 0 Å². The van der Waals surface area contributed by atoms with Crippen LogP contribution in [-0.4, -0.2) is 13.3 Å². The number of nitrogens with zero attached hydrogens (tertiary/aromatic N) is 3. The molecule has 8 heteroatoms. The van der Waals surface area contributed by atoms with Crippen molar-refractivity contribution in [3.63, 3.8) is 0 Å². The minimum atomic E-state index is -0.146. The molecule has 1 atom stereocenters. The topological polar surface area (TPSA) is 64.8 Å². The van der Waals surface area contributed by atoms with Crippen molar-refractivity contribution in [2.75, 3.05) is 0 Å². The van der Waals surface area contributed by atoms with Crippen LogP contribution in [0, 0.1) is 19.8 Å². The Morgan fingerprint density at radius 2 is 1.22 bits per heavy atom. The fourth-order valence-electron chi connectivity index (χ4n) is 6.80. The molecule has 5 aromatic rings. The van der Waals surface area contributed by atoms with Gasteiger partial charge in [-0.2, -0.15) is 8.75 Å². The van der Waals surface area contributed by atoms with Gasteiger partial charge in [0.2, 0.25) is 0 Å². The average Bonchev–Trinajstić information content (AvgIpc) is 3.80. The fourth-order valence-corrected chi connectivity index (χ4v) is 9.75. The van der Waals surface area contributed by atoms with Gasteiger partial charge in [-0.3, -0.25) is 14.2 Å². The maximum Gasteiger partial charge on any atom is 0.262 e. The van der Waals surface area contributed by atoms with E-state index in [9.17, 15) is 9.59 Å². The van der Waals surface area contributed by atoms with Crippen molar-refractivity contribution in [1.82, 2.24) is 13.3 Å². The number of hydrogen-bond acceptors (Lipinski definition) is 7. The van der Waals surface area contributed by atoms with E-state index in [1.54, 1.807) is 27.2 Å². The molecule has 0 N–H and O–H groups in total. The summed E-state index contributed by atoms with van der Waals surface area (Å²) in [5.41, 5.74) is 3.63. The van der Waals surface area contributed by atoms with E-state index in [4.69, 9.17) is 0 Å². The largest absolute Gasteiger partial charge is 0.274 e. The van der Waals surface area contributed by atoms with E-state index in [1.165, 1.54) is 102 Å². The first-order chi connectivity index (χ1) is 22.4. The van der Waals surface area contributed by atoms with Crippen LogP contribution in [0.1, 0.15) is 127 Å². The van der Waals surface area contributed by atoms with Crippen LogP contribution in [0.3, 0.4) is 0 Å². The Kier molecular flexibility index (Phi) is 13.0. The summed E-state index contributed by atoms with van der Waals surface area (Å²) >= 11 is 4.46. The molecule has 5 nitrogen and oxygen atoms in total. The predicted octanol–water partition coefficient (Wildman–Crippen LogP) is 11.8. The lowest BCUT2D eigenvalue weighted by Gasteiger charge is -2.17. The Labute approximate surface area is 286 Å². The van der Waals surface area contributed by atoms with Gasteiger partial charge in [0.1, 0.15) is 11.0 Å². The minimum Gasteiger partial charge on any atom is -0.274 e. The molecule has 4 heterocycles. The lowest BCUT2D eigenvalue weighted by molar-refractivity contribution is 0.351. The van der Waals surface area contributed by atoms with E-state index in [0.717, 1.165) is 54.2 Å². The molecule has 4 aromatic heterocycles. The first kappa shape index (κ1) is 34.9. The summed E-state index contributed by atoms with van der Waals surface area (Å²) in [5, 5.41) is 1.33. The van der Waals surface area contributed by atoms with Crippen LogP contribution >= 0.6 is 34.4 Å². The SMILES string of the molecule is CCCCCCCCCCC(CCCCCCCC)Cn1c(=O)c2cc(C)sc2c2sc(-c3ccc(C)c4nsnc34)cc2c1=O. The number of fused-ring (bicyclic) bond motifs is 4. The van der Waals surface area contributed by atoms with E-state index in [1.807, 2.05) is 12.1 Å². The second-order valence-electron chi connectivity index (χ2n) is 13.3. The number of benzene rings is 1. The molecule has 0 fully saturated rings. The van der Waals surface area contributed by atoms with Crippen molar-refractivity contribution in [1.29, 1.82) is 0 Å². The Hall–Kier alpha value is -2.42. The molecule has 0 amide bonds. The second kappa shape index (κ2) is 17.1. The highest BCUT2D eigenvalue weighted by Crippen LogP contribution is 2.40. The lowest BCUT2D eigenvalue weighted by atomic mass is 9.93. The maximum atomic E-state index is 14.4. The molecule has 1 unspecified atom stereocenters. The standard InChI is InChI=1S/C38H51N3O2S3/c1-5-7-9-11-13-14-16-18-20-28(19-17-15-12-10-8-6-2)25-41-37(42)30-23-27(4)44-35(30)36-31(38(41)43)24-32(45-36)29-22-21-26(3)33-34(29)40-46-39-33/h21-24,28H,5-20,25H2,1-4H3. The Morgan fingerprint density at radius 1 is 0.674 bits per heavy atom. The van der Waals surface area contributed by atoms with Crippen molar-refractivity contribution in [2.24, 2.45) is 5.92 Å². The van der Waals surface area contributed by atoms with Crippen LogP contribution in [0.25, 0.3) is 41.6 Å². The first-order valence-electron chi connectivity index (χ1n) is 17.8. The summed E-state index contributed by atoms with van der Waals surface area (Å²) in [6.07, 6.45) is 20.0.